The molecule has 4 heteroatoms. The van der Waals surface area contributed by atoms with Gasteiger partial charge in [-0.2, -0.15) is 5.10 Å². The van der Waals surface area contributed by atoms with E-state index in [1.54, 1.807) is 7.11 Å². The molecule has 0 spiro atoms. The highest BCUT2D eigenvalue weighted by Gasteiger charge is 2.18. The summed E-state index contributed by atoms with van der Waals surface area (Å²) in [6.45, 7) is 5.78. The van der Waals surface area contributed by atoms with Gasteiger partial charge in [-0.15, -0.1) is 0 Å². The van der Waals surface area contributed by atoms with E-state index in [0.29, 0.717) is 0 Å². The number of hydrogen-bond acceptors (Lipinski definition) is 4. The Bertz CT molecular complexity index is 959. The van der Waals surface area contributed by atoms with Crippen LogP contribution in [-0.2, 0) is 0 Å². The van der Waals surface area contributed by atoms with Crippen LogP contribution in [0.25, 0.3) is 10.8 Å². The first-order chi connectivity index (χ1) is 13.2. The Labute approximate surface area is 160 Å². The topological polar surface area (TPSA) is 28.1 Å². The van der Waals surface area contributed by atoms with Gasteiger partial charge in [0.1, 0.15) is 5.75 Å². The van der Waals surface area contributed by atoms with E-state index in [1.807, 2.05) is 12.1 Å². The fourth-order valence-electron chi connectivity index (χ4n) is 3.61. The minimum atomic E-state index is 0.906. The quantitative estimate of drug-likeness (QED) is 0.647. The van der Waals surface area contributed by atoms with Gasteiger partial charge < -0.3 is 9.64 Å². The molecule has 1 aliphatic heterocycles. The van der Waals surface area contributed by atoms with Crippen molar-refractivity contribution in [2.45, 2.75) is 6.92 Å². The number of para-hydroxylation sites is 2. The molecule has 3 aromatic rings. The maximum absolute atomic E-state index is 5.50. The van der Waals surface area contributed by atoms with Gasteiger partial charge >= 0.3 is 0 Å². The lowest BCUT2D eigenvalue weighted by atomic mass is 10.0. The Kier molecular flexibility index (Phi) is 4.97. The van der Waals surface area contributed by atoms with Gasteiger partial charge in [-0.1, -0.05) is 48.5 Å². The Morgan fingerprint density at radius 1 is 0.852 bits per heavy atom. The summed E-state index contributed by atoms with van der Waals surface area (Å²) in [6.07, 6.45) is 0. The number of ether oxygens (including phenoxy) is 1. The average Bonchev–Trinajstić information content (AvgIpc) is 2.74. The molecule has 3 aromatic carbocycles. The average molecular weight is 359 g/mol. The van der Waals surface area contributed by atoms with Crippen LogP contribution >= 0.6 is 0 Å². The van der Waals surface area contributed by atoms with Crippen LogP contribution in [0.4, 0.5) is 5.69 Å². The number of hydrazone groups is 1. The van der Waals surface area contributed by atoms with Gasteiger partial charge in [-0.25, -0.2) is 0 Å². The summed E-state index contributed by atoms with van der Waals surface area (Å²) >= 11 is 0. The van der Waals surface area contributed by atoms with Crippen LogP contribution in [0, 0.1) is 0 Å². The summed E-state index contributed by atoms with van der Waals surface area (Å²) in [5, 5.41) is 9.57. The van der Waals surface area contributed by atoms with Crippen molar-refractivity contribution in [1.29, 1.82) is 0 Å². The van der Waals surface area contributed by atoms with E-state index in [4.69, 9.17) is 9.84 Å². The third-order valence-electron chi connectivity index (χ3n) is 5.14. The van der Waals surface area contributed by atoms with Gasteiger partial charge in [0.2, 0.25) is 0 Å². The van der Waals surface area contributed by atoms with Gasteiger partial charge in [0.05, 0.1) is 31.6 Å². The molecule has 1 aliphatic rings. The third-order valence-corrected chi connectivity index (χ3v) is 5.14. The molecule has 0 aromatic heterocycles. The van der Waals surface area contributed by atoms with Crippen LogP contribution in [-0.4, -0.2) is 44.0 Å². The number of fused-ring (bicyclic) bond motifs is 1. The fraction of sp³-hybridized carbons (Fsp3) is 0.261. The van der Waals surface area contributed by atoms with Crippen LogP contribution in [0.3, 0.4) is 0 Å². The first kappa shape index (κ1) is 17.4. The molecule has 0 aliphatic carbocycles. The number of anilines is 1. The largest absolute Gasteiger partial charge is 0.495 e. The van der Waals surface area contributed by atoms with E-state index < -0.39 is 0 Å². The zero-order chi connectivity index (χ0) is 18.6. The molecule has 0 N–H and O–H groups in total. The normalized spacial score (nSPS) is 15.3. The highest BCUT2D eigenvalue weighted by molar-refractivity contribution is 6.01. The van der Waals surface area contributed by atoms with Gasteiger partial charge in [0, 0.05) is 13.1 Å². The predicted molar refractivity (Wildman–Crippen MR) is 113 cm³/mol. The maximum Gasteiger partial charge on any atom is 0.142 e. The summed E-state index contributed by atoms with van der Waals surface area (Å²) in [4.78, 5) is 2.37. The first-order valence-corrected chi connectivity index (χ1v) is 9.42. The number of nitrogens with zero attached hydrogens (tertiary/aromatic N) is 3. The number of hydrogen-bond donors (Lipinski definition) is 0. The van der Waals surface area contributed by atoms with E-state index in [0.717, 1.165) is 43.3 Å². The van der Waals surface area contributed by atoms with Crippen LogP contribution < -0.4 is 9.64 Å². The SMILES string of the molecule is COc1ccccc1N1CCN(N=C(C)c2ccc3ccccc3c2)CC1. The van der Waals surface area contributed by atoms with E-state index in [-0.39, 0.29) is 0 Å². The Hall–Kier alpha value is -3.01. The van der Waals surface area contributed by atoms with Crippen LogP contribution in [0.1, 0.15) is 12.5 Å². The minimum absolute atomic E-state index is 0.906. The maximum atomic E-state index is 5.50. The molecule has 1 heterocycles. The Balaban J connectivity index is 1.45. The molecule has 0 saturated carbocycles. The van der Waals surface area contributed by atoms with Crippen molar-refractivity contribution in [1.82, 2.24) is 5.01 Å². The first-order valence-electron chi connectivity index (χ1n) is 9.42. The van der Waals surface area contributed by atoms with Gasteiger partial charge in [0.15, 0.2) is 0 Å². The molecule has 0 bridgehead atoms. The smallest absolute Gasteiger partial charge is 0.142 e. The van der Waals surface area contributed by atoms with Crippen molar-refractivity contribution in [3.05, 3.63) is 72.3 Å². The van der Waals surface area contributed by atoms with E-state index >= 15 is 0 Å². The number of rotatable bonds is 4. The second kappa shape index (κ2) is 7.70. The summed E-state index contributed by atoms with van der Waals surface area (Å²) in [5.41, 5.74) is 3.40. The number of benzene rings is 3. The Morgan fingerprint density at radius 3 is 2.33 bits per heavy atom. The minimum Gasteiger partial charge on any atom is -0.495 e. The van der Waals surface area contributed by atoms with Crippen LogP contribution in [0.2, 0.25) is 0 Å². The zero-order valence-electron chi connectivity index (χ0n) is 15.9. The monoisotopic (exact) mass is 359 g/mol. The Morgan fingerprint density at radius 2 is 1.56 bits per heavy atom. The predicted octanol–water partition coefficient (Wildman–Crippen LogP) is 4.39. The standard InChI is InChI=1S/C23H25N3O/c1-18(20-12-11-19-7-3-4-8-21(19)17-20)24-26-15-13-25(14-16-26)22-9-5-6-10-23(22)27-2/h3-12,17H,13-16H2,1-2H3. The van der Waals surface area contributed by atoms with Crippen molar-refractivity contribution in [3.63, 3.8) is 0 Å². The second-order valence-corrected chi connectivity index (χ2v) is 6.86. The summed E-state index contributed by atoms with van der Waals surface area (Å²) in [6, 6.07) is 23.2. The molecule has 1 saturated heterocycles. The van der Waals surface area contributed by atoms with E-state index in [2.05, 4.69) is 71.4 Å². The molecular weight excluding hydrogens is 334 g/mol. The third kappa shape index (κ3) is 3.75. The lowest BCUT2D eigenvalue weighted by Gasteiger charge is -2.35. The van der Waals surface area contributed by atoms with Gasteiger partial charge in [-0.3, -0.25) is 5.01 Å². The number of piperazine rings is 1. The lowest BCUT2D eigenvalue weighted by molar-refractivity contribution is 0.269. The molecule has 1 fully saturated rings. The van der Waals surface area contributed by atoms with Crippen molar-refractivity contribution < 1.29 is 4.74 Å². The molecule has 0 amide bonds. The highest BCUT2D eigenvalue weighted by Crippen LogP contribution is 2.28. The molecule has 0 radical (unpaired) electrons. The molecule has 138 valence electrons. The van der Waals surface area contributed by atoms with E-state index in [1.165, 1.54) is 16.3 Å². The van der Waals surface area contributed by atoms with Crippen LogP contribution in [0.5, 0.6) is 5.75 Å². The molecule has 4 nitrogen and oxygen atoms in total. The van der Waals surface area contributed by atoms with Crippen molar-refractivity contribution in [2.24, 2.45) is 5.10 Å². The molecule has 4 rings (SSSR count). The van der Waals surface area contributed by atoms with E-state index in [9.17, 15) is 0 Å². The van der Waals surface area contributed by atoms with Crippen molar-refractivity contribution in [2.75, 3.05) is 38.2 Å². The highest BCUT2D eigenvalue weighted by atomic mass is 16.5. The molecule has 27 heavy (non-hydrogen) atoms. The second-order valence-electron chi connectivity index (χ2n) is 6.86. The van der Waals surface area contributed by atoms with Crippen molar-refractivity contribution in [3.8, 4) is 5.75 Å². The van der Waals surface area contributed by atoms with Gasteiger partial charge in [0.25, 0.3) is 0 Å². The summed E-state index contributed by atoms with van der Waals surface area (Å²) in [5.74, 6) is 0.932. The molecular formula is C23H25N3O. The lowest BCUT2D eigenvalue weighted by Crippen LogP contribution is -2.44. The van der Waals surface area contributed by atoms with Gasteiger partial charge in [-0.05, 0) is 41.5 Å². The molecule has 0 atom stereocenters. The molecule has 0 unspecified atom stereocenters. The summed E-state index contributed by atoms with van der Waals surface area (Å²) < 4.78 is 5.50. The van der Waals surface area contributed by atoms with Crippen LogP contribution in [0.15, 0.2) is 71.8 Å². The number of methoxy groups -OCH3 is 1. The summed E-state index contributed by atoms with van der Waals surface area (Å²) in [7, 11) is 1.73. The fourth-order valence-corrected chi connectivity index (χ4v) is 3.61. The van der Waals surface area contributed by atoms with Crippen molar-refractivity contribution >= 4 is 22.2 Å². The zero-order valence-corrected chi connectivity index (χ0v) is 15.9.